The molecule has 0 atom stereocenters. The van der Waals surface area contributed by atoms with Gasteiger partial charge in [0.2, 0.25) is 17.5 Å². The summed E-state index contributed by atoms with van der Waals surface area (Å²) in [5.74, 6) is 2.45. The van der Waals surface area contributed by atoms with Crippen LogP contribution in [-0.2, 0) is 0 Å². The van der Waals surface area contributed by atoms with Crippen molar-refractivity contribution < 1.29 is 9.47 Å². The summed E-state index contributed by atoms with van der Waals surface area (Å²) >= 11 is 0. The largest absolute Gasteiger partial charge is 0.482 e. The van der Waals surface area contributed by atoms with E-state index in [0.717, 1.165) is 5.69 Å². The molecule has 2 aromatic heterocycles. The smallest absolute Gasteiger partial charge is 0.240 e. The van der Waals surface area contributed by atoms with Crippen LogP contribution in [0.1, 0.15) is 43.7 Å². The maximum absolute atomic E-state index is 5.37. The second-order valence-corrected chi connectivity index (χ2v) is 5.01. The fraction of sp³-hybridized carbons (Fsp3) is 0.571. The first-order valence-corrected chi connectivity index (χ1v) is 6.80. The fourth-order valence-corrected chi connectivity index (χ4v) is 2.79. The standard InChI is InChI=1S/C14H19N3O2/c1-18-12-8-13(19-2)17-9-11(15-14(17)16-12)10-6-4-3-5-7-10/h8-10H,3-7H2,1-2H3. The molecule has 1 fully saturated rings. The Morgan fingerprint density at radius 1 is 1.11 bits per heavy atom. The van der Waals surface area contributed by atoms with Gasteiger partial charge in [-0.1, -0.05) is 19.3 Å². The molecule has 0 unspecified atom stereocenters. The van der Waals surface area contributed by atoms with E-state index in [2.05, 4.69) is 16.2 Å². The lowest BCUT2D eigenvalue weighted by Crippen LogP contribution is -2.04. The lowest BCUT2D eigenvalue weighted by atomic mass is 9.87. The Bertz CT molecular complexity index is 573. The van der Waals surface area contributed by atoms with Crippen LogP contribution in [0.2, 0.25) is 0 Å². The Kier molecular flexibility index (Phi) is 3.27. The Morgan fingerprint density at radius 2 is 1.89 bits per heavy atom. The highest BCUT2D eigenvalue weighted by Gasteiger charge is 2.20. The van der Waals surface area contributed by atoms with Gasteiger partial charge < -0.3 is 9.47 Å². The number of fused-ring (bicyclic) bond motifs is 1. The monoisotopic (exact) mass is 261 g/mol. The van der Waals surface area contributed by atoms with Gasteiger partial charge in [0.25, 0.3) is 0 Å². The second-order valence-electron chi connectivity index (χ2n) is 5.01. The van der Waals surface area contributed by atoms with Crippen LogP contribution in [0.3, 0.4) is 0 Å². The van der Waals surface area contributed by atoms with Crippen molar-refractivity contribution in [1.29, 1.82) is 0 Å². The highest BCUT2D eigenvalue weighted by molar-refractivity contribution is 5.40. The van der Waals surface area contributed by atoms with Crippen LogP contribution in [-0.4, -0.2) is 28.6 Å². The van der Waals surface area contributed by atoms with Gasteiger partial charge in [-0.25, -0.2) is 4.98 Å². The molecule has 3 rings (SSSR count). The van der Waals surface area contributed by atoms with E-state index in [9.17, 15) is 0 Å². The molecule has 0 aliphatic heterocycles. The van der Waals surface area contributed by atoms with E-state index in [-0.39, 0.29) is 0 Å². The summed E-state index contributed by atoms with van der Waals surface area (Å²) in [6, 6.07) is 1.78. The summed E-state index contributed by atoms with van der Waals surface area (Å²) in [5.41, 5.74) is 1.12. The molecule has 1 saturated carbocycles. The van der Waals surface area contributed by atoms with Gasteiger partial charge in [0.15, 0.2) is 0 Å². The van der Waals surface area contributed by atoms with Crippen molar-refractivity contribution in [3.8, 4) is 11.8 Å². The van der Waals surface area contributed by atoms with Crippen LogP contribution in [0.5, 0.6) is 11.8 Å². The van der Waals surface area contributed by atoms with Crippen molar-refractivity contribution >= 4 is 5.78 Å². The molecule has 1 aliphatic carbocycles. The van der Waals surface area contributed by atoms with Crippen LogP contribution in [0, 0.1) is 0 Å². The minimum atomic E-state index is 0.533. The predicted octanol–water partition coefficient (Wildman–Crippen LogP) is 2.79. The molecule has 2 aromatic rings. The molecule has 5 nitrogen and oxygen atoms in total. The fourth-order valence-electron chi connectivity index (χ4n) is 2.79. The molecule has 19 heavy (non-hydrogen) atoms. The number of ether oxygens (including phenoxy) is 2. The minimum absolute atomic E-state index is 0.533. The van der Waals surface area contributed by atoms with Gasteiger partial charge in [0, 0.05) is 12.1 Å². The Morgan fingerprint density at radius 3 is 2.58 bits per heavy atom. The van der Waals surface area contributed by atoms with Gasteiger partial charge in [-0.15, -0.1) is 0 Å². The Labute approximate surface area is 112 Å². The summed E-state index contributed by atoms with van der Waals surface area (Å²) in [6.45, 7) is 0. The number of hydrogen-bond acceptors (Lipinski definition) is 4. The predicted molar refractivity (Wildman–Crippen MR) is 71.9 cm³/mol. The molecule has 0 bridgehead atoms. The number of imidazole rings is 1. The number of hydrogen-bond donors (Lipinski definition) is 0. The topological polar surface area (TPSA) is 48.7 Å². The molecule has 0 N–H and O–H groups in total. The number of nitrogens with zero attached hydrogens (tertiary/aromatic N) is 3. The summed E-state index contributed by atoms with van der Waals surface area (Å²) in [4.78, 5) is 9.01. The van der Waals surface area contributed by atoms with Gasteiger partial charge in [-0.2, -0.15) is 4.98 Å². The molecule has 5 heteroatoms. The van der Waals surface area contributed by atoms with Gasteiger partial charge in [-0.05, 0) is 12.8 Å². The first-order valence-electron chi connectivity index (χ1n) is 6.80. The first-order chi connectivity index (χ1) is 9.31. The second kappa shape index (κ2) is 5.07. The molecular weight excluding hydrogens is 242 g/mol. The molecule has 0 spiro atoms. The van der Waals surface area contributed by atoms with Gasteiger partial charge in [0.05, 0.1) is 26.0 Å². The maximum atomic E-state index is 5.37. The number of rotatable bonds is 3. The lowest BCUT2D eigenvalue weighted by Gasteiger charge is -2.19. The summed E-state index contributed by atoms with van der Waals surface area (Å²) in [6.07, 6.45) is 8.45. The van der Waals surface area contributed by atoms with Gasteiger partial charge in [0.1, 0.15) is 0 Å². The van der Waals surface area contributed by atoms with Crippen molar-refractivity contribution in [1.82, 2.24) is 14.4 Å². The molecule has 0 radical (unpaired) electrons. The SMILES string of the molecule is COc1cc(OC)n2cc(C3CCCCC3)nc2n1. The van der Waals surface area contributed by atoms with E-state index >= 15 is 0 Å². The third-order valence-electron chi connectivity index (χ3n) is 3.84. The average molecular weight is 261 g/mol. The maximum Gasteiger partial charge on any atom is 0.240 e. The third kappa shape index (κ3) is 2.25. The van der Waals surface area contributed by atoms with Crippen molar-refractivity contribution in [2.45, 2.75) is 38.0 Å². The van der Waals surface area contributed by atoms with Crippen molar-refractivity contribution in [2.24, 2.45) is 0 Å². The van der Waals surface area contributed by atoms with Crippen molar-refractivity contribution in [3.63, 3.8) is 0 Å². The van der Waals surface area contributed by atoms with Crippen LogP contribution in [0.25, 0.3) is 5.78 Å². The minimum Gasteiger partial charge on any atom is -0.482 e. The third-order valence-corrected chi connectivity index (χ3v) is 3.84. The normalized spacial score (nSPS) is 16.7. The van der Waals surface area contributed by atoms with E-state index < -0.39 is 0 Å². The van der Waals surface area contributed by atoms with E-state index in [1.54, 1.807) is 20.3 Å². The zero-order chi connectivity index (χ0) is 13.2. The zero-order valence-corrected chi connectivity index (χ0v) is 11.4. The summed E-state index contributed by atoms with van der Waals surface area (Å²) in [5, 5.41) is 0. The zero-order valence-electron chi connectivity index (χ0n) is 11.4. The Hall–Kier alpha value is -1.78. The van der Waals surface area contributed by atoms with Crippen LogP contribution in [0.15, 0.2) is 12.3 Å². The van der Waals surface area contributed by atoms with E-state index in [4.69, 9.17) is 9.47 Å². The van der Waals surface area contributed by atoms with Crippen LogP contribution in [0.4, 0.5) is 0 Å². The van der Waals surface area contributed by atoms with Crippen molar-refractivity contribution in [2.75, 3.05) is 14.2 Å². The van der Waals surface area contributed by atoms with Crippen LogP contribution >= 0.6 is 0 Å². The molecule has 102 valence electrons. The summed E-state index contributed by atoms with van der Waals surface area (Å²) < 4.78 is 12.4. The van der Waals surface area contributed by atoms with E-state index in [1.807, 2.05) is 4.40 Å². The number of methoxy groups -OCH3 is 2. The van der Waals surface area contributed by atoms with E-state index in [1.165, 1.54) is 32.1 Å². The van der Waals surface area contributed by atoms with Crippen molar-refractivity contribution in [3.05, 3.63) is 18.0 Å². The van der Waals surface area contributed by atoms with Crippen LogP contribution < -0.4 is 9.47 Å². The quantitative estimate of drug-likeness (QED) is 0.852. The van der Waals surface area contributed by atoms with Gasteiger partial charge >= 0.3 is 0 Å². The molecule has 0 saturated heterocycles. The molecule has 2 heterocycles. The average Bonchev–Trinajstić information content (AvgIpc) is 2.91. The molecule has 0 aromatic carbocycles. The highest BCUT2D eigenvalue weighted by atomic mass is 16.5. The van der Waals surface area contributed by atoms with Gasteiger partial charge in [-0.3, -0.25) is 4.40 Å². The first kappa shape index (κ1) is 12.3. The molecular formula is C14H19N3O2. The summed E-state index contributed by atoms with van der Waals surface area (Å²) in [7, 11) is 3.25. The van der Waals surface area contributed by atoms with E-state index in [0.29, 0.717) is 23.5 Å². The molecule has 0 amide bonds. The number of aromatic nitrogens is 3. The Balaban J connectivity index is 2.03. The molecule has 1 aliphatic rings. The highest BCUT2D eigenvalue weighted by Crippen LogP contribution is 2.33. The lowest BCUT2D eigenvalue weighted by molar-refractivity contribution is 0.369.